The number of hydrazone groups is 1. The molecule has 2 aromatic carbocycles. The summed E-state index contributed by atoms with van der Waals surface area (Å²) in [6.07, 6.45) is -2.40. The lowest BCUT2D eigenvalue weighted by Crippen LogP contribution is -2.17. The van der Waals surface area contributed by atoms with Crippen LogP contribution in [-0.4, -0.2) is 23.2 Å². The van der Waals surface area contributed by atoms with Gasteiger partial charge in [0.15, 0.2) is 5.82 Å². The van der Waals surface area contributed by atoms with Crippen molar-refractivity contribution in [3.8, 4) is 0 Å². The highest BCUT2D eigenvalue weighted by atomic mass is 19.4. The lowest BCUT2D eigenvalue weighted by molar-refractivity contribution is -0.144. The van der Waals surface area contributed by atoms with E-state index >= 15 is 0 Å². The Morgan fingerprint density at radius 2 is 1.85 bits per heavy atom. The van der Waals surface area contributed by atoms with E-state index in [9.17, 15) is 13.2 Å². The van der Waals surface area contributed by atoms with Gasteiger partial charge in [0, 0.05) is 25.1 Å². The fraction of sp³-hybridized carbons (Fsp3) is 0.211. The van der Waals surface area contributed by atoms with Crippen LogP contribution in [0.1, 0.15) is 17.0 Å². The third kappa shape index (κ3) is 3.99. The summed E-state index contributed by atoms with van der Waals surface area (Å²) in [6, 6.07) is 14.5. The maximum absolute atomic E-state index is 13.1. The molecule has 0 radical (unpaired) electrons. The Labute approximate surface area is 149 Å². The van der Waals surface area contributed by atoms with E-state index in [1.165, 1.54) is 11.1 Å². The predicted molar refractivity (Wildman–Crippen MR) is 96.3 cm³/mol. The van der Waals surface area contributed by atoms with Crippen LogP contribution in [0.25, 0.3) is 10.9 Å². The number of hydrogen-bond donors (Lipinski definition) is 0. The Balaban J connectivity index is 1.91. The van der Waals surface area contributed by atoms with E-state index in [0.29, 0.717) is 11.8 Å². The SMILES string of the molecule is Cc1cccc(CC=NN(C)c2nc(C(F)(F)F)nc3ccccc23)c1. The number of hydrogen-bond acceptors (Lipinski definition) is 4. The monoisotopic (exact) mass is 358 g/mol. The van der Waals surface area contributed by atoms with Crippen LogP contribution in [0.2, 0.25) is 0 Å². The van der Waals surface area contributed by atoms with Crippen LogP contribution in [0.15, 0.2) is 53.6 Å². The Hall–Kier alpha value is -2.96. The largest absolute Gasteiger partial charge is 0.451 e. The zero-order valence-corrected chi connectivity index (χ0v) is 14.3. The molecule has 4 nitrogen and oxygen atoms in total. The van der Waals surface area contributed by atoms with Crippen molar-refractivity contribution >= 4 is 22.9 Å². The molecule has 0 aliphatic rings. The molecule has 134 valence electrons. The van der Waals surface area contributed by atoms with Crippen molar-refractivity contribution in [3.63, 3.8) is 0 Å². The van der Waals surface area contributed by atoms with Gasteiger partial charge in [0.25, 0.3) is 0 Å². The molecule has 0 aliphatic heterocycles. The average Bonchev–Trinajstić information content (AvgIpc) is 2.60. The van der Waals surface area contributed by atoms with Crippen LogP contribution in [0.4, 0.5) is 19.0 Å². The number of aromatic nitrogens is 2. The number of para-hydroxylation sites is 1. The maximum Gasteiger partial charge on any atom is 0.451 e. The lowest BCUT2D eigenvalue weighted by atomic mass is 10.1. The minimum Gasteiger partial charge on any atom is -0.251 e. The second-order valence-electron chi connectivity index (χ2n) is 5.90. The zero-order valence-electron chi connectivity index (χ0n) is 14.3. The first-order valence-electron chi connectivity index (χ1n) is 8.00. The fourth-order valence-corrected chi connectivity index (χ4v) is 2.60. The first-order chi connectivity index (χ1) is 12.3. The van der Waals surface area contributed by atoms with Crippen LogP contribution in [-0.2, 0) is 12.6 Å². The van der Waals surface area contributed by atoms with Gasteiger partial charge in [-0.1, -0.05) is 42.0 Å². The van der Waals surface area contributed by atoms with Crippen molar-refractivity contribution < 1.29 is 13.2 Å². The fourth-order valence-electron chi connectivity index (χ4n) is 2.60. The molecule has 0 spiro atoms. The van der Waals surface area contributed by atoms with Gasteiger partial charge in [-0.2, -0.15) is 18.3 Å². The van der Waals surface area contributed by atoms with Crippen LogP contribution in [0.5, 0.6) is 0 Å². The van der Waals surface area contributed by atoms with E-state index in [1.54, 1.807) is 31.5 Å². The van der Waals surface area contributed by atoms with Gasteiger partial charge < -0.3 is 0 Å². The van der Waals surface area contributed by atoms with E-state index in [4.69, 9.17) is 0 Å². The van der Waals surface area contributed by atoms with Crippen molar-refractivity contribution in [2.45, 2.75) is 19.5 Å². The number of rotatable bonds is 4. The summed E-state index contributed by atoms with van der Waals surface area (Å²) in [5.41, 5.74) is 2.44. The van der Waals surface area contributed by atoms with Gasteiger partial charge in [0.1, 0.15) is 0 Å². The van der Waals surface area contributed by atoms with Crippen LogP contribution in [0, 0.1) is 6.92 Å². The van der Waals surface area contributed by atoms with Crippen molar-refractivity contribution in [2.75, 3.05) is 12.1 Å². The van der Waals surface area contributed by atoms with Gasteiger partial charge in [-0.3, -0.25) is 5.01 Å². The molecule has 7 heteroatoms. The van der Waals surface area contributed by atoms with Crippen molar-refractivity contribution in [1.82, 2.24) is 9.97 Å². The van der Waals surface area contributed by atoms with Crippen molar-refractivity contribution in [2.24, 2.45) is 5.10 Å². The van der Waals surface area contributed by atoms with Gasteiger partial charge in [-0.15, -0.1) is 0 Å². The number of aryl methyl sites for hydroxylation is 1. The minimum absolute atomic E-state index is 0.114. The van der Waals surface area contributed by atoms with Crippen LogP contribution < -0.4 is 5.01 Å². The second-order valence-corrected chi connectivity index (χ2v) is 5.90. The highest BCUT2D eigenvalue weighted by Crippen LogP contribution is 2.31. The van der Waals surface area contributed by atoms with Gasteiger partial charge in [-0.05, 0) is 24.6 Å². The van der Waals surface area contributed by atoms with Crippen LogP contribution in [0.3, 0.4) is 0 Å². The summed E-state index contributed by atoms with van der Waals surface area (Å²) in [6.45, 7) is 2.00. The third-order valence-corrected chi connectivity index (χ3v) is 3.81. The molecule has 26 heavy (non-hydrogen) atoms. The molecule has 1 heterocycles. The third-order valence-electron chi connectivity index (χ3n) is 3.81. The quantitative estimate of drug-likeness (QED) is 0.505. The summed E-state index contributed by atoms with van der Waals surface area (Å²) in [5, 5.41) is 6.10. The maximum atomic E-state index is 13.1. The minimum atomic E-state index is -4.62. The normalized spacial score (nSPS) is 12.0. The lowest BCUT2D eigenvalue weighted by Gasteiger charge is -2.16. The van der Waals surface area contributed by atoms with Gasteiger partial charge in [0.2, 0.25) is 5.82 Å². The average molecular weight is 358 g/mol. The molecule has 1 aromatic heterocycles. The number of alkyl halides is 3. The molecule has 0 saturated heterocycles. The molecule has 0 N–H and O–H groups in total. The number of benzene rings is 2. The molecule has 0 atom stereocenters. The smallest absolute Gasteiger partial charge is 0.251 e. The van der Waals surface area contributed by atoms with Gasteiger partial charge >= 0.3 is 6.18 Å². The van der Waals surface area contributed by atoms with E-state index in [-0.39, 0.29) is 11.3 Å². The highest BCUT2D eigenvalue weighted by molar-refractivity contribution is 5.89. The summed E-state index contributed by atoms with van der Waals surface area (Å²) in [7, 11) is 1.57. The Morgan fingerprint density at radius 1 is 1.08 bits per heavy atom. The molecule has 0 saturated carbocycles. The number of halogens is 3. The molecular weight excluding hydrogens is 341 g/mol. The van der Waals surface area contributed by atoms with Gasteiger partial charge in [0.05, 0.1) is 5.52 Å². The van der Waals surface area contributed by atoms with Gasteiger partial charge in [-0.25, -0.2) is 9.97 Å². The number of nitrogens with zero attached hydrogens (tertiary/aromatic N) is 4. The van der Waals surface area contributed by atoms with Crippen molar-refractivity contribution in [1.29, 1.82) is 0 Å². The van der Waals surface area contributed by atoms with Crippen molar-refractivity contribution in [3.05, 3.63) is 65.5 Å². The summed E-state index contributed by atoms with van der Waals surface area (Å²) in [4.78, 5) is 7.30. The Bertz CT molecular complexity index is 951. The second kappa shape index (κ2) is 7.11. The summed E-state index contributed by atoms with van der Waals surface area (Å²) in [5.74, 6) is -1.06. The molecule has 0 fully saturated rings. The molecular formula is C19H17F3N4. The Morgan fingerprint density at radius 3 is 2.58 bits per heavy atom. The van der Waals surface area contributed by atoms with E-state index in [2.05, 4.69) is 15.1 Å². The zero-order chi connectivity index (χ0) is 18.7. The molecule has 0 aliphatic carbocycles. The topological polar surface area (TPSA) is 41.4 Å². The number of fused-ring (bicyclic) bond motifs is 1. The Kier molecular flexibility index (Phi) is 4.88. The van der Waals surface area contributed by atoms with E-state index in [0.717, 1.165) is 11.1 Å². The molecule has 0 unspecified atom stereocenters. The van der Waals surface area contributed by atoms with E-state index < -0.39 is 12.0 Å². The standard InChI is InChI=1S/C19H17F3N4/c1-13-6-5-7-14(12-13)10-11-23-26(2)17-15-8-3-4-9-16(15)24-18(25-17)19(20,21)22/h3-9,11-12H,10H2,1-2H3. The highest BCUT2D eigenvalue weighted by Gasteiger charge is 2.35. The number of anilines is 1. The predicted octanol–water partition coefficient (Wildman–Crippen LogP) is 4.62. The summed E-state index contributed by atoms with van der Waals surface area (Å²) < 4.78 is 39.3. The van der Waals surface area contributed by atoms with Crippen LogP contribution >= 0.6 is 0 Å². The molecule has 3 aromatic rings. The molecule has 0 amide bonds. The van der Waals surface area contributed by atoms with E-state index in [1.807, 2.05) is 31.2 Å². The molecule has 0 bridgehead atoms. The summed E-state index contributed by atoms with van der Waals surface area (Å²) >= 11 is 0. The first-order valence-corrected chi connectivity index (χ1v) is 8.00. The molecule has 3 rings (SSSR count). The first kappa shape index (κ1) is 17.8.